The molecule has 0 atom stereocenters. The Hall–Kier alpha value is -2.29. The van der Waals surface area contributed by atoms with Crippen LogP contribution in [0.1, 0.15) is 43.7 Å². The molecule has 0 aliphatic heterocycles. The van der Waals surface area contributed by atoms with Crippen molar-refractivity contribution in [3.05, 3.63) is 59.9 Å². The van der Waals surface area contributed by atoms with Gasteiger partial charge in [0.25, 0.3) is 0 Å². The second kappa shape index (κ2) is 7.52. The van der Waals surface area contributed by atoms with Gasteiger partial charge in [0, 0.05) is 6.54 Å². The Morgan fingerprint density at radius 1 is 1.08 bits per heavy atom. The molecule has 0 radical (unpaired) electrons. The first-order chi connectivity index (χ1) is 11.6. The van der Waals surface area contributed by atoms with Crippen molar-refractivity contribution in [2.45, 2.75) is 46.1 Å². The quantitative estimate of drug-likeness (QED) is 0.550. The van der Waals surface area contributed by atoms with E-state index in [0.29, 0.717) is 5.92 Å². The number of hydrogen-bond acceptors (Lipinski definition) is 2. The van der Waals surface area contributed by atoms with Crippen LogP contribution in [0, 0.1) is 6.92 Å². The minimum Gasteiger partial charge on any atom is -0.493 e. The molecule has 1 heterocycles. The molecular formula is C21H26N2O. The van der Waals surface area contributed by atoms with Crippen LogP contribution in [0.4, 0.5) is 0 Å². The predicted octanol–water partition coefficient (Wildman–Crippen LogP) is 5.33. The van der Waals surface area contributed by atoms with Crippen LogP contribution in [0.15, 0.2) is 48.8 Å². The third-order valence-electron chi connectivity index (χ3n) is 4.37. The zero-order chi connectivity index (χ0) is 16.9. The Labute approximate surface area is 144 Å². The van der Waals surface area contributed by atoms with Crippen LogP contribution in [0.2, 0.25) is 0 Å². The molecule has 0 amide bonds. The number of unbranched alkanes of at least 4 members (excludes halogenated alkanes) is 1. The maximum absolute atomic E-state index is 6.06. The SMILES string of the molecule is Cc1ccc(C(C)C)c(OCCCCn2cnc3ccccc32)c1. The molecule has 0 spiro atoms. The van der Waals surface area contributed by atoms with Gasteiger partial charge in [-0.2, -0.15) is 0 Å². The largest absolute Gasteiger partial charge is 0.493 e. The molecule has 0 saturated carbocycles. The lowest BCUT2D eigenvalue weighted by molar-refractivity contribution is 0.299. The van der Waals surface area contributed by atoms with Crippen molar-refractivity contribution in [3.63, 3.8) is 0 Å². The molecule has 3 heteroatoms. The average molecular weight is 322 g/mol. The summed E-state index contributed by atoms with van der Waals surface area (Å²) in [4.78, 5) is 4.44. The fraction of sp³-hybridized carbons (Fsp3) is 0.381. The van der Waals surface area contributed by atoms with Crippen molar-refractivity contribution in [2.75, 3.05) is 6.61 Å². The van der Waals surface area contributed by atoms with Crippen LogP contribution < -0.4 is 4.74 Å². The maximum Gasteiger partial charge on any atom is 0.122 e. The van der Waals surface area contributed by atoms with E-state index >= 15 is 0 Å². The summed E-state index contributed by atoms with van der Waals surface area (Å²) in [6, 6.07) is 14.8. The number of benzene rings is 2. The van der Waals surface area contributed by atoms with Gasteiger partial charge < -0.3 is 9.30 Å². The Morgan fingerprint density at radius 3 is 2.75 bits per heavy atom. The van der Waals surface area contributed by atoms with Crippen molar-refractivity contribution in [2.24, 2.45) is 0 Å². The fourth-order valence-corrected chi connectivity index (χ4v) is 3.00. The van der Waals surface area contributed by atoms with E-state index in [1.165, 1.54) is 16.6 Å². The van der Waals surface area contributed by atoms with Gasteiger partial charge in [-0.3, -0.25) is 0 Å². The van der Waals surface area contributed by atoms with Crippen LogP contribution >= 0.6 is 0 Å². The van der Waals surface area contributed by atoms with Gasteiger partial charge in [0.2, 0.25) is 0 Å². The summed E-state index contributed by atoms with van der Waals surface area (Å²) < 4.78 is 8.29. The molecule has 3 aromatic rings. The number of aryl methyl sites for hydroxylation is 2. The molecule has 3 rings (SSSR count). The van der Waals surface area contributed by atoms with E-state index in [-0.39, 0.29) is 0 Å². The van der Waals surface area contributed by atoms with Gasteiger partial charge in [-0.15, -0.1) is 0 Å². The lowest BCUT2D eigenvalue weighted by atomic mass is 10.0. The average Bonchev–Trinajstić information content (AvgIpc) is 2.98. The minimum atomic E-state index is 0.484. The predicted molar refractivity (Wildman–Crippen MR) is 99.7 cm³/mol. The van der Waals surface area contributed by atoms with E-state index in [9.17, 15) is 0 Å². The highest BCUT2D eigenvalue weighted by molar-refractivity contribution is 5.74. The molecule has 0 bridgehead atoms. The molecule has 0 unspecified atom stereocenters. The maximum atomic E-state index is 6.06. The number of fused-ring (bicyclic) bond motifs is 1. The van der Waals surface area contributed by atoms with E-state index < -0.39 is 0 Å². The number of nitrogens with zero attached hydrogens (tertiary/aromatic N) is 2. The van der Waals surface area contributed by atoms with E-state index in [2.05, 4.69) is 66.7 Å². The highest BCUT2D eigenvalue weighted by atomic mass is 16.5. The molecule has 0 aliphatic rings. The Balaban J connectivity index is 1.52. The Bertz CT molecular complexity index is 804. The van der Waals surface area contributed by atoms with Gasteiger partial charge in [0.1, 0.15) is 5.75 Å². The molecular weight excluding hydrogens is 296 g/mol. The second-order valence-corrected chi connectivity index (χ2v) is 6.68. The van der Waals surface area contributed by atoms with Crippen LogP contribution in [0.3, 0.4) is 0 Å². The first kappa shape index (κ1) is 16.6. The number of hydrogen-bond donors (Lipinski definition) is 0. The summed E-state index contributed by atoms with van der Waals surface area (Å²) in [5.74, 6) is 1.52. The van der Waals surface area contributed by atoms with Crippen molar-refractivity contribution in [3.8, 4) is 5.75 Å². The second-order valence-electron chi connectivity index (χ2n) is 6.68. The molecule has 0 N–H and O–H groups in total. The third kappa shape index (κ3) is 3.78. The summed E-state index contributed by atoms with van der Waals surface area (Å²) in [5.41, 5.74) is 4.81. The Kier molecular flexibility index (Phi) is 5.19. The third-order valence-corrected chi connectivity index (χ3v) is 4.37. The standard InChI is InChI=1S/C21H26N2O/c1-16(2)18-11-10-17(3)14-21(18)24-13-7-6-12-23-15-22-19-8-4-5-9-20(19)23/h4-5,8-11,14-16H,6-7,12-13H2,1-3H3. The van der Waals surface area contributed by atoms with Gasteiger partial charge in [-0.25, -0.2) is 4.98 Å². The molecule has 3 nitrogen and oxygen atoms in total. The fourth-order valence-electron chi connectivity index (χ4n) is 3.00. The smallest absolute Gasteiger partial charge is 0.122 e. The summed E-state index contributed by atoms with van der Waals surface area (Å²) in [6.45, 7) is 8.27. The number of rotatable bonds is 7. The van der Waals surface area contributed by atoms with E-state index in [1.54, 1.807) is 0 Å². The van der Waals surface area contributed by atoms with E-state index in [0.717, 1.165) is 37.3 Å². The van der Waals surface area contributed by atoms with Crippen molar-refractivity contribution in [1.29, 1.82) is 0 Å². The van der Waals surface area contributed by atoms with Gasteiger partial charge in [0.05, 0.1) is 24.0 Å². The van der Waals surface area contributed by atoms with Crippen molar-refractivity contribution in [1.82, 2.24) is 9.55 Å². The minimum absolute atomic E-state index is 0.484. The molecule has 0 saturated heterocycles. The first-order valence-electron chi connectivity index (χ1n) is 8.78. The van der Waals surface area contributed by atoms with Crippen LogP contribution in [-0.4, -0.2) is 16.2 Å². The van der Waals surface area contributed by atoms with Crippen LogP contribution in [0.25, 0.3) is 11.0 Å². The molecule has 1 aromatic heterocycles. The van der Waals surface area contributed by atoms with Gasteiger partial charge in [-0.1, -0.05) is 38.1 Å². The monoisotopic (exact) mass is 322 g/mol. The van der Waals surface area contributed by atoms with Crippen LogP contribution in [0.5, 0.6) is 5.75 Å². The number of ether oxygens (including phenoxy) is 1. The van der Waals surface area contributed by atoms with Crippen molar-refractivity contribution >= 4 is 11.0 Å². The zero-order valence-electron chi connectivity index (χ0n) is 14.8. The van der Waals surface area contributed by atoms with E-state index in [4.69, 9.17) is 4.74 Å². The molecule has 126 valence electrons. The lowest BCUT2D eigenvalue weighted by Crippen LogP contribution is -2.04. The molecule has 24 heavy (non-hydrogen) atoms. The normalized spacial score (nSPS) is 11.3. The number of para-hydroxylation sites is 2. The first-order valence-corrected chi connectivity index (χ1v) is 8.78. The van der Waals surface area contributed by atoms with Gasteiger partial charge in [-0.05, 0) is 55.0 Å². The van der Waals surface area contributed by atoms with E-state index in [1.807, 2.05) is 12.4 Å². The summed E-state index contributed by atoms with van der Waals surface area (Å²) in [7, 11) is 0. The number of aromatic nitrogens is 2. The summed E-state index contributed by atoms with van der Waals surface area (Å²) in [6.07, 6.45) is 4.06. The lowest BCUT2D eigenvalue weighted by Gasteiger charge is -2.15. The zero-order valence-corrected chi connectivity index (χ0v) is 14.8. The topological polar surface area (TPSA) is 27.1 Å². The summed E-state index contributed by atoms with van der Waals surface area (Å²) in [5, 5.41) is 0. The van der Waals surface area contributed by atoms with Crippen LogP contribution in [-0.2, 0) is 6.54 Å². The molecule has 2 aromatic carbocycles. The van der Waals surface area contributed by atoms with Gasteiger partial charge in [0.15, 0.2) is 0 Å². The molecule has 0 fully saturated rings. The Morgan fingerprint density at radius 2 is 1.92 bits per heavy atom. The van der Waals surface area contributed by atoms with Gasteiger partial charge >= 0.3 is 0 Å². The number of imidazole rings is 1. The molecule has 0 aliphatic carbocycles. The van der Waals surface area contributed by atoms with Crippen molar-refractivity contribution < 1.29 is 4.74 Å². The summed E-state index contributed by atoms with van der Waals surface area (Å²) >= 11 is 0. The highest BCUT2D eigenvalue weighted by Gasteiger charge is 2.08. The highest BCUT2D eigenvalue weighted by Crippen LogP contribution is 2.27.